The lowest BCUT2D eigenvalue weighted by molar-refractivity contribution is -0.119. The minimum absolute atomic E-state index is 0.0536. The number of carbonyl (C=O) groups excluding carboxylic acids is 1. The number of ether oxygens (including phenoxy) is 1. The summed E-state index contributed by atoms with van der Waals surface area (Å²) < 4.78 is 5.96. The van der Waals surface area contributed by atoms with Gasteiger partial charge in [-0.3, -0.25) is 4.79 Å². The highest BCUT2D eigenvalue weighted by molar-refractivity contribution is 6.01. The van der Waals surface area contributed by atoms with E-state index in [0.29, 0.717) is 6.42 Å². The molecule has 0 radical (unpaired) electrons. The molecule has 28 heavy (non-hydrogen) atoms. The molecule has 0 fully saturated rings. The van der Waals surface area contributed by atoms with Crippen molar-refractivity contribution in [2.24, 2.45) is 15.6 Å². The monoisotopic (exact) mass is 379 g/mol. The van der Waals surface area contributed by atoms with E-state index < -0.39 is 5.41 Å². The lowest BCUT2D eigenvalue weighted by Gasteiger charge is -2.47. The molecule has 0 aromatic heterocycles. The third-order valence-electron chi connectivity index (χ3n) is 6.01. The van der Waals surface area contributed by atoms with Crippen molar-refractivity contribution in [2.45, 2.75) is 71.6 Å². The van der Waals surface area contributed by atoms with E-state index in [9.17, 15) is 4.79 Å². The van der Waals surface area contributed by atoms with E-state index in [1.165, 1.54) is 0 Å². The van der Waals surface area contributed by atoms with Crippen LogP contribution in [0.15, 0.2) is 57.5 Å². The van der Waals surface area contributed by atoms with Crippen molar-refractivity contribution in [2.75, 3.05) is 0 Å². The van der Waals surface area contributed by atoms with Gasteiger partial charge in [0.05, 0.1) is 17.7 Å². The predicted octanol–water partition coefficient (Wildman–Crippen LogP) is 5.04. The Kier molecular flexibility index (Phi) is 4.44. The molecule has 0 saturated heterocycles. The smallest absolute Gasteiger partial charge is 0.164 e. The highest BCUT2D eigenvalue weighted by atomic mass is 16.5. The molecule has 1 aromatic carbocycles. The molecule has 2 aliphatic heterocycles. The van der Waals surface area contributed by atoms with Gasteiger partial charge >= 0.3 is 0 Å². The summed E-state index contributed by atoms with van der Waals surface area (Å²) in [5, 5.41) is 12.1. The Morgan fingerprint density at radius 1 is 1.29 bits per heavy atom. The Bertz CT molecular complexity index is 910. The van der Waals surface area contributed by atoms with Crippen molar-refractivity contribution in [3.63, 3.8) is 0 Å². The molecule has 2 unspecified atom stereocenters. The summed E-state index contributed by atoms with van der Waals surface area (Å²) in [5.74, 6) is 1.05. The van der Waals surface area contributed by atoms with Gasteiger partial charge in [0.25, 0.3) is 0 Å². The van der Waals surface area contributed by atoms with Gasteiger partial charge in [-0.25, -0.2) is 0 Å². The van der Waals surface area contributed by atoms with E-state index in [1.807, 2.05) is 32.2 Å². The number of benzene rings is 1. The largest absolute Gasteiger partial charge is 0.491 e. The maximum Gasteiger partial charge on any atom is 0.164 e. The highest BCUT2D eigenvalue weighted by Crippen LogP contribution is 2.53. The zero-order valence-electron chi connectivity index (χ0n) is 17.4. The van der Waals surface area contributed by atoms with Gasteiger partial charge in [-0.2, -0.15) is 10.2 Å². The average Bonchev–Trinajstić information content (AvgIpc) is 3.07. The van der Waals surface area contributed by atoms with E-state index in [0.717, 1.165) is 41.0 Å². The van der Waals surface area contributed by atoms with Crippen molar-refractivity contribution >= 4 is 5.78 Å². The maximum atomic E-state index is 13.4. The van der Waals surface area contributed by atoms with Crippen LogP contribution in [0.1, 0.15) is 59.4 Å². The number of allylic oxidation sites excluding steroid dienone is 2. The molecule has 1 N–H and O–H groups in total. The van der Waals surface area contributed by atoms with Crippen LogP contribution in [0, 0.1) is 5.41 Å². The highest BCUT2D eigenvalue weighted by Gasteiger charge is 2.53. The molecule has 0 amide bonds. The van der Waals surface area contributed by atoms with Gasteiger partial charge in [0.15, 0.2) is 11.9 Å². The summed E-state index contributed by atoms with van der Waals surface area (Å²) in [4.78, 5) is 13.4. The van der Waals surface area contributed by atoms with Gasteiger partial charge in [-0.1, -0.05) is 32.9 Å². The maximum absolute atomic E-state index is 13.4. The second kappa shape index (κ2) is 6.57. The number of azo groups is 1. The number of rotatable bonds is 4. The number of fused-ring (bicyclic) bond motifs is 1. The Morgan fingerprint density at radius 3 is 2.79 bits per heavy atom. The number of hydrogen-bond donors (Lipinski definition) is 1. The second-order valence-corrected chi connectivity index (χ2v) is 9.11. The fraction of sp³-hybridized carbons (Fsp3) is 0.522. The number of nitrogens with zero attached hydrogens (tertiary/aromatic N) is 2. The van der Waals surface area contributed by atoms with E-state index >= 15 is 0 Å². The molecular weight excluding hydrogens is 350 g/mol. The van der Waals surface area contributed by atoms with Crippen LogP contribution in [0.2, 0.25) is 0 Å². The number of ketones is 1. The fourth-order valence-electron chi connectivity index (χ4n) is 5.00. The van der Waals surface area contributed by atoms with Gasteiger partial charge in [0.2, 0.25) is 0 Å². The lowest BCUT2D eigenvalue weighted by Crippen LogP contribution is -2.51. The molecule has 5 heteroatoms. The normalized spacial score (nSPS) is 28.0. The Morgan fingerprint density at radius 2 is 2.07 bits per heavy atom. The first-order chi connectivity index (χ1) is 13.3. The Labute approximate surface area is 167 Å². The Balaban J connectivity index is 1.93. The van der Waals surface area contributed by atoms with E-state index in [4.69, 9.17) is 4.74 Å². The van der Waals surface area contributed by atoms with Crippen LogP contribution in [-0.4, -0.2) is 18.1 Å². The van der Waals surface area contributed by atoms with Gasteiger partial charge in [0.1, 0.15) is 5.75 Å². The first-order valence-corrected chi connectivity index (χ1v) is 10.2. The van der Waals surface area contributed by atoms with Crippen molar-refractivity contribution in [1.82, 2.24) is 5.32 Å². The summed E-state index contributed by atoms with van der Waals surface area (Å²) in [7, 11) is 0. The van der Waals surface area contributed by atoms with Gasteiger partial charge < -0.3 is 10.1 Å². The van der Waals surface area contributed by atoms with Crippen LogP contribution in [0.4, 0.5) is 0 Å². The molecule has 0 bridgehead atoms. The van der Waals surface area contributed by atoms with Crippen molar-refractivity contribution in [3.8, 4) is 5.75 Å². The number of Topliss-reactive ketones (excluding diaryl/α,β-unsaturated/α-hetero) is 1. The molecule has 5 nitrogen and oxygen atoms in total. The SMILES string of the molecule is CCC1(c2cccc(OC(C)C)c2)C2=CN=NC2NC2=C1C(=O)CC(C)(C)C2. The van der Waals surface area contributed by atoms with E-state index in [2.05, 4.69) is 48.4 Å². The van der Waals surface area contributed by atoms with E-state index in [1.54, 1.807) is 0 Å². The number of nitrogens with one attached hydrogen (secondary N) is 1. The quantitative estimate of drug-likeness (QED) is 0.797. The van der Waals surface area contributed by atoms with Crippen molar-refractivity contribution in [3.05, 3.63) is 52.9 Å². The Hall–Kier alpha value is -2.43. The molecular formula is C23H29N3O2. The second-order valence-electron chi connectivity index (χ2n) is 9.11. The fourth-order valence-corrected chi connectivity index (χ4v) is 5.00. The third kappa shape index (κ3) is 2.88. The molecule has 1 aromatic rings. The predicted molar refractivity (Wildman–Crippen MR) is 109 cm³/mol. The summed E-state index contributed by atoms with van der Waals surface area (Å²) in [6.45, 7) is 10.5. The van der Waals surface area contributed by atoms with Crippen LogP contribution in [0.3, 0.4) is 0 Å². The molecule has 0 spiro atoms. The molecule has 3 aliphatic rings. The van der Waals surface area contributed by atoms with Crippen molar-refractivity contribution in [1.29, 1.82) is 0 Å². The van der Waals surface area contributed by atoms with Gasteiger partial charge in [-0.05, 0) is 49.8 Å². The van der Waals surface area contributed by atoms with Crippen LogP contribution in [0.25, 0.3) is 0 Å². The summed E-state index contributed by atoms with van der Waals surface area (Å²) >= 11 is 0. The minimum atomic E-state index is -0.515. The van der Waals surface area contributed by atoms with Crippen LogP contribution in [-0.2, 0) is 10.2 Å². The van der Waals surface area contributed by atoms with E-state index in [-0.39, 0.29) is 23.5 Å². The molecule has 0 saturated carbocycles. The standard InChI is InChI=1S/C23H29N3O2/c1-6-23(15-8-7-9-16(10-15)28-14(2)3)17-13-24-26-21(17)25-18-11-22(4,5)12-19(27)20(18)23/h7-10,13-14,21,25H,6,11-12H2,1-5H3. The van der Waals surface area contributed by atoms with Gasteiger partial charge in [-0.15, -0.1) is 0 Å². The topological polar surface area (TPSA) is 63.1 Å². The number of carbonyl (C=O) groups is 1. The van der Waals surface area contributed by atoms with Crippen LogP contribution < -0.4 is 10.1 Å². The summed E-state index contributed by atoms with van der Waals surface area (Å²) in [6, 6.07) is 8.19. The van der Waals surface area contributed by atoms with Crippen molar-refractivity contribution < 1.29 is 9.53 Å². The molecule has 2 atom stereocenters. The average molecular weight is 380 g/mol. The molecule has 148 valence electrons. The molecule has 4 rings (SSSR count). The number of hydrogen-bond acceptors (Lipinski definition) is 5. The van der Waals surface area contributed by atoms with Gasteiger partial charge in [0, 0.05) is 23.3 Å². The zero-order valence-corrected chi connectivity index (χ0v) is 17.4. The van der Waals surface area contributed by atoms with Crippen LogP contribution >= 0.6 is 0 Å². The zero-order chi connectivity index (χ0) is 20.1. The molecule has 2 heterocycles. The summed E-state index contributed by atoms with van der Waals surface area (Å²) in [5.41, 5.74) is 3.50. The lowest BCUT2D eigenvalue weighted by atomic mass is 9.59. The minimum Gasteiger partial charge on any atom is -0.491 e. The van der Waals surface area contributed by atoms with Crippen LogP contribution in [0.5, 0.6) is 5.75 Å². The first kappa shape index (κ1) is 18.9. The molecule has 1 aliphatic carbocycles. The third-order valence-corrected chi connectivity index (χ3v) is 6.01. The summed E-state index contributed by atoms with van der Waals surface area (Å²) in [6.07, 6.45) is 3.92. The first-order valence-electron chi connectivity index (χ1n) is 10.2.